The summed E-state index contributed by atoms with van der Waals surface area (Å²) >= 11 is 0. The van der Waals surface area contributed by atoms with Crippen LogP contribution in [0.25, 0.3) is 22.2 Å². The van der Waals surface area contributed by atoms with Crippen molar-refractivity contribution in [2.45, 2.75) is 0 Å². The number of nitrogens with zero attached hydrogens (tertiary/aromatic N) is 1. The molecule has 138 valence electrons. The molecule has 1 amide bonds. The van der Waals surface area contributed by atoms with E-state index >= 15 is 0 Å². The molecule has 1 heterocycles. The van der Waals surface area contributed by atoms with Crippen LogP contribution in [0.5, 0.6) is 5.75 Å². The van der Waals surface area contributed by atoms with Crippen molar-refractivity contribution in [3.8, 4) is 17.0 Å². The summed E-state index contributed by atoms with van der Waals surface area (Å²) in [6.45, 7) is -0.196. The fourth-order valence-electron chi connectivity index (χ4n) is 2.93. The van der Waals surface area contributed by atoms with Gasteiger partial charge < -0.3 is 10.1 Å². The van der Waals surface area contributed by atoms with E-state index in [9.17, 15) is 9.18 Å². The van der Waals surface area contributed by atoms with Gasteiger partial charge in [0.1, 0.15) is 11.6 Å². The van der Waals surface area contributed by atoms with Crippen LogP contribution in [0.4, 0.5) is 10.1 Å². The van der Waals surface area contributed by atoms with Crippen LogP contribution in [0.2, 0.25) is 0 Å². The number of ether oxygens (including phenoxy) is 1. The van der Waals surface area contributed by atoms with Gasteiger partial charge >= 0.3 is 0 Å². The van der Waals surface area contributed by atoms with Crippen LogP contribution >= 0.6 is 0 Å². The maximum absolute atomic E-state index is 13.3. The van der Waals surface area contributed by atoms with Crippen LogP contribution in [0.15, 0.2) is 84.9 Å². The summed E-state index contributed by atoms with van der Waals surface area (Å²) in [5, 5.41) is 3.45. The predicted octanol–water partition coefficient (Wildman–Crippen LogP) is 5.06. The molecule has 28 heavy (non-hydrogen) atoms. The van der Waals surface area contributed by atoms with Gasteiger partial charge in [-0.3, -0.25) is 4.79 Å². The van der Waals surface area contributed by atoms with Crippen LogP contribution < -0.4 is 10.1 Å². The number of rotatable bonds is 5. The summed E-state index contributed by atoms with van der Waals surface area (Å²) in [6.07, 6.45) is 0. The number of hydrogen-bond acceptors (Lipinski definition) is 3. The van der Waals surface area contributed by atoms with Crippen molar-refractivity contribution >= 4 is 22.5 Å². The van der Waals surface area contributed by atoms with Gasteiger partial charge in [-0.25, -0.2) is 9.37 Å². The van der Waals surface area contributed by atoms with E-state index in [4.69, 9.17) is 4.74 Å². The largest absolute Gasteiger partial charge is 0.483 e. The molecular formula is C23H17FN2O2. The van der Waals surface area contributed by atoms with E-state index in [-0.39, 0.29) is 12.5 Å². The second-order valence-electron chi connectivity index (χ2n) is 6.24. The number of halogens is 1. The number of para-hydroxylation sites is 1. The van der Waals surface area contributed by atoms with Gasteiger partial charge in [-0.05, 0) is 30.3 Å². The maximum Gasteiger partial charge on any atom is 0.262 e. The van der Waals surface area contributed by atoms with E-state index < -0.39 is 5.82 Å². The van der Waals surface area contributed by atoms with Gasteiger partial charge in [0.05, 0.1) is 11.2 Å². The van der Waals surface area contributed by atoms with Crippen LogP contribution in [0, 0.1) is 5.82 Å². The highest BCUT2D eigenvalue weighted by Crippen LogP contribution is 2.30. The molecule has 0 spiro atoms. The molecule has 4 nitrogen and oxygen atoms in total. The summed E-state index contributed by atoms with van der Waals surface area (Å²) in [4.78, 5) is 16.9. The Kier molecular flexibility index (Phi) is 4.97. The minimum Gasteiger partial charge on any atom is -0.483 e. The molecule has 0 saturated heterocycles. The lowest BCUT2D eigenvalue weighted by atomic mass is 10.1. The van der Waals surface area contributed by atoms with Gasteiger partial charge in [-0.1, -0.05) is 48.5 Å². The molecular weight excluding hydrogens is 355 g/mol. The Morgan fingerprint density at radius 2 is 1.71 bits per heavy atom. The number of hydrogen-bond donors (Lipinski definition) is 1. The third-order valence-electron chi connectivity index (χ3n) is 4.21. The van der Waals surface area contributed by atoms with Crippen LogP contribution in [-0.4, -0.2) is 17.5 Å². The zero-order valence-electron chi connectivity index (χ0n) is 14.9. The quantitative estimate of drug-likeness (QED) is 0.533. The van der Waals surface area contributed by atoms with Gasteiger partial charge in [0.25, 0.3) is 5.91 Å². The third kappa shape index (κ3) is 3.99. The van der Waals surface area contributed by atoms with Crippen molar-refractivity contribution in [1.82, 2.24) is 4.98 Å². The maximum atomic E-state index is 13.3. The van der Waals surface area contributed by atoms with E-state index in [0.717, 1.165) is 22.2 Å². The summed E-state index contributed by atoms with van der Waals surface area (Å²) in [5.41, 5.74) is 2.89. The number of fused-ring (bicyclic) bond motifs is 1. The van der Waals surface area contributed by atoms with Crippen molar-refractivity contribution < 1.29 is 13.9 Å². The Balaban J connectivity index is 1.58. The molecule has 0 saturated carbocycles. The van der Waals surface area contributed by atoms with E-state index in [2.05, 4.69) is 10.3 Å². The van der Waals surface area contributed by atoms with E-state index in [1.54, 1.807) is 6.07 Å². The molecule has 0 aliphatic carbocycles. The molecule has 0 unspecified atom stereocenters. The highest BCUT2D eigenvalue weighted by molar-refractivity contribution is 5.93. The average Bonchev–Trinajstić information content (AvgIpc) is 2.72. The minimum absolute atomic E-state index is 0.196. The molecule has 5 heteroatoms. The van der Waals surface area contributed by atoms with E-state index in [1.165, 1.54) is 18.2 Å². The molecule has 1 aromatic heterocycles. The topological polar surface area (TPSA) is 51.2 Å². The summed E-state index contributed by atoms with van der Waals surface area (Å²) in [6, 6.07) is 24.9. The van der Waals surface area contributed by atoms with Crippen molar-refractivity contribution in [3.05, 3.63) is 90.7 Å². The van der Waals surface area contributed by atoms with Gasteiger partial charge in [-0.2, -0.15) is 0 Å². The van der Waals surface area contributed by atoms with E-state index in [0.29, 0.717) is 11.4 Å². The number of nitrogens with one attached hydrogen (secondary N) is 1. The highest BCUT2D eigenvalue weighted by Gasteiger charge is 2.11. The average molecular weight is 372 g/mol. The lowest BCUT2D eigenvalue weighted by Gasteiger charge is -2.12. The lowest BCUT2D eigenvalue weighted by molar-refractivity contribution is -0.118. The number of carbonyl (C=O) groups excluding carboxylic acids is 1. The molecule has 0 aliphatic heterocycles. The lowest BCUT2D eigenvalue weighted by Crippen LogP contribution is -2.20. The van der Waals surface area contributed by atoms with Crippen molar-refractivity contribution in [1.29, 1.82) is 0 Å². The number of anilines is 1. The number of pyridine rings is 1. The number of carbonyl (C=O) groups is 1. The zero-order valence-corrected chi connectivity index (χ0v) is 14.9. The molecule has 0 fully saturated rings. The Morgan fingerprint density at radius 3 is 2.54 bits per heavy atom. The van der Waals surface area contributed by atoms with Gasteiger partial charge in [0.2, 0.25) is 0 Å². The fourth-order valence-corrected chi connectivity index (χ4v) is 2.93. The third-order valence-corrected chi connectivity index (χ3v) is 4.21. The van der Waals surface area contributed by atoms with Gasteiger partial charge in [0.15, 0.2) is 6.61 Å². The molecule has 0 aliphatic rings. The first-order chi connectivity index (χ1) is 13.7. The second-order valence-corrected chi connectivity index (χ2v) is 6.24. The summed E-state index contributed by atoms with van der Waals surface area (Å²) in [5.74, 6) is -0.210. The Hall–Kier alpha value is -3.73. The highest BCUT2D eigenvalue weighted by atomic mass is 19.1. The summed E-state index contributed by atoms with van der Waals surface area (Å²) < 4.78 is 19.1. The van der Waals surface area contributed by atoms with Crippen LogP contribution in [0.3, 0.4) is 0 Å². The molecule has 3 aromatic carbocycles. The van der Waals surface area contributed by atoms with E-state index in [1.807, 2.05) is 60.7 Å². The molecule has 4 rings (SSSR count). The minimum atomic E-state index is -0.411. The summed E-state index contributed by atoms with van der Waals surface area (Å²) in [7, 11) is 0. The van der Waals surface area contributed by atoms with Gasteiger partial charge in [0, 0.05) is 22.7 Å². The van der Waals surface area contributed by atoms with Crippen molar-refractivity contribution in [3.63, 3.8) is 0 Å². The monoisotopic (exact) mass is 372 g/mol. The standard InChI is InChI=1S/C23H17FN2O2/c24-17-9-6-10-18(13-17)25-23(27)15-28-22-14-21(16-7-2-1-3-8-16)26-20-12-5-4-11-19(20)22/h1-14H,15H2,(H,25,27). The van der Waals surface area contributed by atoms with Crippen LogP contribution in [-0.2, 0) is 4.79 Å². The van der Waals surface area contributed by atoms with Crippen LogP contribution in [0.1, 0.15) is 0 Å². The van der Waals surface area contributed by atoms with Crippen molar-refractivity contribution in [2.24, 2.45) is 0 Å². The zero-order chi connectivity index (χ0) is 19.3. The SMILES string of the molecule is O=C(COc1cc(-c2ccccc2)nc2ccccc12)Nc1cccc(F)c1. The number of amides is 1. The Bertz CT molecular complexity index is 1130. The number of benzene rings is 3. The van der Waals surface area contributed by atoms with Gasteiger partial charge in [-0.15, -0.1) is 0 Å². The Morgan fingerprint density at radius 1 is 0.929 bits per heavy atom. The molecule has 0 atom stereocenters. The molecule has 0 bridgehead atoms. The smallest absolute Gasteiger partial charge is 0.262 e. The Labute approximate surface area is 161 Å². The first kappa shape index (κ1) is 17.7. The fraction of sp³-hybridized carbons (Fsp3) is 0.0435. The first-order valence-corrected chi connectivity index (χ1v) is 8.82. The molecule has 1 N–H and O–H groups in total. The van der Waals surface area contributed by atoms with Crippen molar-refractivity contribution in [2.75, 3.05) is 11.9 Å². The number of aromatic nitrogens is 1. The second kappa shape index (κ2) is 7.88. The normalized spacial score (nSPS) is 10.6. The first-order valence-electron chi connectivity index (χ1n) is 8.82. The molecule has 0 radical (unpaired) electrons. The predicted molar refractivity (Wildman–Crippen MR) is 108 cm³/mol. The molecule has 4 aromatic rings.